The number of fused-ring (bicyclic) bond motifs is 1. The van der Waals surface area contributed by atoms with Crippen molar-refractivity contribution < 1.29 is 0 Å². The van der Waals surface area contributed by atoms with Gasteiger partial charge in [0, 0.05) is 23.2 Å². The molecule has 0 bridgehead atoms. The number of rotatable bonds is 2. The van der Waals surface area contributed by atoms with Gasteiger partial charge in [-0.3, -0.25) is 0 Å². The highest BCUT2D eigenvalue weighted by atomic mass is 15.2. The van der Waals surface area contributed by atoms with E-state index in [1.165, 1.54) is 16.8 Å². The van der Waals surface area contributed by atoms with E-state index in [4.69, 9.17) is 0 Å². The van der Waals surface area contributed by atoms with Crippen LogP contribution in [0.2, 0.25) is 0 Å². The minimum atomic E-state index is 0.0764. The topological polar surface area (TPSA) is 3.24 Å². The van der Waals surface area contributed by atoms with Crippen molar-refractivity contribution in [3.8, 4) is 0 Å². The van der Waals surface area contributed by atoms with E-state index in [-0.39, 0.29) is 11.0 Å². The fourth-order valence-corrected chi connectivity index (χ4v) is 4.22. The maximum absolute atomic E-state index is 2.55. The predicted octanol–water partition coefficient (Wildman–Crippen LogP) is 5.00. The molecule has 0 N–H and O–H groups in total. The SMILES string of the molecule is CCN1c2ccccc2[C@](C)(c2ccccc2)CC1(C)C. The molecule has 110 valence electrons. The van der Waals surface area contributed by atoms with Crippen LogP contribution in [0, 0.1) is 0 Å². The molecule has 0 aromatic heterocycles. The van der Waals surface area contributed by atoms with E-state index in [0.717, 1.165) is 13.0 Å². The summed E-state index contributed by atoms with van der Waals surface area (Å²) in [6.45, 7) is 10.4. The quantitative estimate of drug-likeness (QED) is 0.747. The molecule has 1 heterocycles. The Morgan fingerprint density at radius 3 is 2.19 bits per heavy atom. The van der Waals surface area contributed by atoms with Gasteiger partial charge < -0.3 is 4.90 Å². The van der Waals surface area contributed by atoms with Gasteiger partial charge in [-0.15, -0.1) is 0 Å². The molecule has 1 aliphatic rings. The van der Waals surface area contributed by atoms with Gasteiger partial charge in [-0.1, -0.05) is 55.5 Å². The fraction of sp³-hybridized carbons (Fsp3) is 0.400. The Bertz CT molecular complexity index is 629. The van der Waals surface area contributed by atoms with E-state index in [1.54, 1.807) is 0 Å². The summed E-state index contributed by atoms with van der Waals surface area (Å²) in [4.78, 5) is 2.55. The molecular formula is C20H25N. The Morgan fingerprint density at radius 1 is 0.905 bits per heavy atom. The van der Waals surface area contributed by atoms with E-state index in [9.17, 15) is 0 Å². The number of hydrogen-bond donors (Lipinski definition) is 0. The highest BCUT2D eigenvalue weighted by molar-refractivity contribution is 5.64. The molecule has 3 rings (SSSR count). The number of nitrogens with zero attached hydrogens (tertiary/aromatic N) is 1. The molecule has 0 saturated carbocycles. The van der Waals surface area contributed by atoms with Crippen LogP contribution in [-0.2, 0) is 5.41 Å². The minimum Gasteiger partial charge on any atom is -0.366 e. The summed E-state index contributed by atoms with van der Waals surface area (Å²) in [5.41, 5.74) is 4.50. The third-order valence-electron chi connectivity index (χ3n) is 5.03. The van der Waals surface area contributed by atoms with Crippen molar-refractivity contribution >= 4 is 5.69 Å². The average molecular weight is 279 g/mol. The molecule has 0 amide bonds. The summed E-state index contributed by atoms with van der Waals surface area (Å²) in [6, 6.07) is 19.9. The van der Waals surface area contributed by atoms with Crippen LogP contribution >= 0.6 is 0 Å². The average Bonchev–Trinajstić information content (AvgIpc) is 2.48. The Hall–Kier alpha value is -1.76. The first-order valence-electron chi connectivity index (χ1n) is 7.92. The molecule has 2 aromatic rings. The van der Waals surface area contributed by atoms with Crippen LogP contribution in [0.25, 0.3) is 0 Å². The van der Waals surface area contributed by atoms with Crippen LogP contribution in [0.4, 0.5) is 5.69 Å². The van der Waals surface area contributed by atoms with Crippen molar-refractivity contribution in [1.29, 1.82) is 0 Å². The second kappa shape index (κ2) is 4.91. The van der Waals surface area contributed by atoms with E-state index in [0.29, 0.717) is 0 Å². The summed E-state index contributed by atoms with van der Waals surface area (Å²) in [5, 5.41) is 0. The van der Waals surface area contributed by atoms with Gasteiger partial charge in [-0.25, -0.2) is 0 Å². The number of benzene rings is 2. The third-order valence-corrected chi connectivity index (χ3v) is 5.03. The lowest BCUT2D eigenvalue weighted by Gasteiger charge is -2.52. The Kier molecular flexibility index (Phi) is 3.32. The molecule has 0 spiro atoms. The third kappa shape index (κ3) is 2.16. The number of para-hydroxylation sites is 1. The molecule has 21 heavy (non-hydrogen) atoms. The lowest BCUT2D eigenvalue weighted by Crippen LogP contribution is -2.53. The van der Waals surface area contributed by atoms with Crippen molar-refractivity contribution in [1.82, 2.24) is 0 Å². The summed E-state index contributed by atoms with van der Waals surface area (Å²) in [6.07, 6.45) is 1.13. The van der Waals surface area contributed by atoms with Gasteiger partial charge in [0.15, 0.2) is 0 Å². The Labute approximate surface area is 128 Å². The molecule has 0 unspecified atom stereocenters. The van der Waals surface area contributed by atoms with Crippen LogP contribution in [0.3, 0.4) is 0 Å². The van der Waals surface area contributed by atoms with Crippen molar-refractivity contribution in [2.45, 2.75) is 45.1 Å². The molecule has 1 aliphatic heterocycles. The standard InChI is InChI=1S/C20H25N/c1-5-21-18-14-10-9-13-17(18)20(4,15-19(21,2)3)16-11-7-6-8-12-16/h6-14H,5,15H2,1-4H3/t20-/m0/s1. The van der Waals surface area contributed by atoms with Gasteiger partial charge in [0.25, 0.3) is 0 Å². The summed E-state index contributed by atoms with van der Waals surface area (Å²) < 4.78 is 0. The molecule has 1 heteroatoms. The highest BCUT2D eigenvalue weighted by Crippen LogP contribution is 2.49. The van der Waals surface area contributed by atoms with Crippen molar-refractivity contribution in [2.24, 2.45) is 0 Å². The molecule has 0 saturated heterocycles. The molecular weight excluding hydrogens is 254 g/mol. The highest BCUT2D eigenvalue weighted by Gasteiger charge is 2.44. The van der Waals surface area contributed by atoms with Crippen molar-refractivity contribution in [2.75, 3.05) is 11.4 Å². The van der Waals surface area contributed by atoms with E-state index in [1.807, 2.05) is 0 Å². The fourth-order valence-electron chi connectivity index (χ4n) is 4.22. The zero-order valence-corrected chi connectivity index (χ0v) is 13.6. The number of anilines is 1. The van der Waals surface area contributed by atoms with Crippen LogP contribution in [0.1, 0.15) is 45.2 Å². The molecule has 2 aromatic carbocycles. The van der Waals surface area contributed by atoms with Crippen LogP contribution in [0.15, 0.2) is 54.6 Å². The summed E-state index contributed by atoms with van der Waals surface area (Å²) >= 11 is 0. The zero-order chi connectivity index (χ0) is 15.1. The molecule has 1 nitrogen and oxygen atoms in total. The van der Waals surface area contributed by atoms with Gasteiger partial charge in [0.2, 0.25) is 0 Å². The predicted molar refractivity (Wildman–Crippen MR) is 91.1 cm³/mol. The van der Waals surface area contributed by atoms with Crippen LogP contribution < -0.4 is 4.90 Å². The van der Waals surface area contributed by atoms with E-state index in [2.05, 4.69) is 87.2 Å². The second-order valence-electron chi connectivity index (χ2n) is 6.95. The van der Waals surface area contributed by atoms with Gasteiger partial charge >= 0.3 is 0 Å². The monoisotopic (exact) mass is 279 g/mol. The van der Waals surface area contributed by atoms with E-state index >= 15 is 0 Å². The normalized spacial score (nSPS) is 23.7. The lowest BCUT2D eigenvalue weighted by atomic mass is 9.65. The zero-order valence-electron chi connectivity index (χ0n) is 13.6. The van der Waals surface area contributed by atoms with Gasteiger partial charge in [-0.05, 0) is 44.4 Å². The van der Waals surface area contributed by atoms with Crippen LogP contribution in [-0.4, -0.2) is 12.1 Å². The molecule has 0 aliphatic carbocycles. The first kappa shape index (κ1) is 14.2. The van der Waals surface area contributed by atoms with Gasteiger partial charge in [0.1, 0.15) is 0 Å². The van der Waals surface area contributed by atoms with Gasteiger partial charge in [0.05, 0.1) is 0 Å². The molecule has 0 fully saturated rings. The maximum atomic E-state index is 2.55. The minimum absolute atomic E-state index is 0.0764. The smallest absolute Gasteiger partial charge is 0.0412 e. The van der Waals surface area contributed by atoms with Crippen LogP contribution in [0.5, 0.6) is 0 Å². The first-order valence-corrected chi connectivity index (χ1v) is 7.92. The Morgan fingerprint density at radius 2 is 1.52 bits per heavy atom. The number of hydrogen-bond acceptors (Lipinski definition) is 1. The van der Waals surface area contributed by atoms with Gasteiger partial charge in [-0.2, -0.15) is 0 Å². The molecule has 0 radical (unpaired) electrons. The summed E-state index contributed by atoms with van der Waals surface area (Å²) in [5.74, 6) is 0. The van der Waals surface area contributed by atoms with Crippen molar-refractivity contribution in [3.05, 3.63) is 65.7 Å². The first-order chi connectivity index (χ1) is 9.99. The second-order valence-corrected chi connectivity index (χ2v) is 6.95. The van der Waals surface area contributed by atoms with Crippen molar-refractivity contribution in [3.63, 3.8) is 0 Å². The summed E-state index contributed by atoms with van der Waals surface area (Å²) in [7, 11) is 0. The maximum Gasteiger partial charge on any atom is 0.0412 e. The molecule has 1 atom stereocenters. The Balaban J connectivity index is 2.23. The largest absolute Gasteiger partial charge is 0.366 e. The van der Waals surface area contributed by atoms with E-state index < -0.39 is 0 Å². The lowest BCUT2D eigenvalue weighted by molar-refractivity contribution is 0.326.